The smallest absolute Gasteiger partial charge is 0.255 e. The number of halogens is 1. The van der Waals surface area contributed by atoms with Gasteiger partial charge in [-0.25, -0.2) is 0 Å². The first-order chi connectivity index (χ1) is 10.1. The second-order valence-corrected chi connectivity index (χ2v) is 5.26. The van der Waals surface area contributed by atoms with Crippen molar-refractivity contribution in [2.24, 2.45) is 0 Å². The van der Waals surface area contributed by atoms with E-state index < -0.39 is 0 Å². The molecule has 3 N–H and O–H groups in total. The van der Waals surface area contributed by atoms with Gasteiger partial charge in [-0.2, -0.15) is 0 Å². The summed E-state index contributed by atoms with van der Waals surface area (Å²) in [5.41, 5.74) is 9.83. The van der Waals surface area contributed by atoms with Gasteiger partial charge >= 0.3 is 0 Å². The minimum Gasteiger partial charge on any atom is -0.398 e. The quantitative estimate of drug-likeness (QED) is 0.827. The van der Waals surface area contributed by atoms with Crippen molar-refractivity contribution in [1.82, 2.24) is 0 Å². The third kappa shape index (κ3) is 3.37. The van der Waals surface area contributed by atoms with Crippen molar-refractivity contribution in [3.63, 3.8) is 0 Å². The maximum Gasteiger partial charge on any atom is 0.255 e. The molecule has 0 aliphatic rings. The summed E-state index contributed by atoms with van der Waals surface area (Å²) in [6, 6.07) is 11.0. The number of rotatable bonds is 4. The Labute approximate surface area is 130 Å². The molecule has 1 amide bonds. The Hall–Kier alpha value is -2.00. The van der Waals surface area contributed by atoms with Crippen LogP contribution in [0.2, 0.25) is 5.02 Å². The van der Waals surface area contributed by atoms with E-state index in [-0.39, 0.29) is 5.91 Å². The Kier molecular flexibility index (Phi) is 4.86. The van der Waals surface area contributed by atoms with Gasteiger partial charge in [-0.3, -0.25) is 4.79 Å². The Morgan fingerprint density at radius 3 is 2.29 bits per heavy atom. The van der Waals surface area contributed by atoms with E-state index in [0.717, 1.165) is 29.7 Å². The molecule has 0 aromatic heterocycles. The number of hydrogen-bond acceptors (Lipinski definition) is 2. The average molecular weight is 303 g/mol. The zero-order chi connectivity index (χ0) is 15.4. The summed E-state index contributed by atoms with van der Waals surface area (Å²) in [4.78, 5) is 12.4. The first-order valence-electron chi connectivity index (χ1n) is 7.04. The van der Waals surface area contributed by atoms with Gasteiger partial charge in [-0.15, -0.1) is 0 Å². The van der Waals surface area contributed by atoms with Crippen molar-refractivity contribution in [3.05, 3.63) is 58.1 Å². The lowest BCUT2D eigenvalue weighted by Gasteiger charge is -2.14. The third-order valence-electron chi connectivity index (χ3n) is 3.50. The highest BCUT2D eigenvalue weighted by atomic mass is 35.5. The fourth-order valence-corrected chi connectivity index (χ4v) is 2.39. The van der Waals surface area contributed by atoms with Gasteiger partial charge in [0.2, 0.25) is 0 Å². The second kappa shape index (κ2) is 6.64. The lowest BCUT2D eigenvalue weighted by atomic mass is 10.0. The summed E-state index contributed by atoms with van der Waals surface area (Å²) in [7, 11) is 0. The fraction of sp³-hybridized carbons (Fsp3) is 0.235. The molecule has 0 unspecified atom stereocenters. The molecule has 0 saturated heterocycles. The molecule has 0 saturated carbocycles. The number of anilines is 2. The molecule has 0 radical (unpaired) electrons. The molecule has 0 heterocycles. The minimum atomic E-state index is -0.172. The highest BCUT2D eigenvalue weighted by Crippen LogP contribution is 2.24. The summed E-state index contributed by atoms with van der Waals surface area (Å²) in [5, 5.41) is 3.46. The molecule has 110 valence electrons. The van der Waals surface area contributed by atoms with E-state index in [0.29, 0.717) is 16.3 Å². The normalized spacial score (nSPS) is 10.4. The molecule has 0 aliphatic heterocycles. The summed E-state index contributed by atoms with van der Waals surface area (Å²) >= 11 is 5.88. The monoisotopic (exact) mass is 302 g/mol. The molecule has 0 spiro atoms. The number of nitrogen functional groups attached to an aromatic ring is 1. The SMILES string of the molecule is CCc1cccc(CC)c1NC(=O)c1ccc(Cl)c(N)c1. The van der Waals surface area contributed by atoms with Gasteiger partial charge in [0, 0.05) is 11.3 Å². The molecular weight excluding hydrogens is 284 g/mol. The topological polar surface area (TPSA) is 55.1 Å². The minimum absolute atomic E-state index is 0.172. The van der Waals surface area contributed by atoms with Crippen LogP contribution in [0.25, 0.3) is 0 Å². The number of benzene rings is 2. The Balaban J connectivity index is 2.33. The third-order valence-corrected chi connectivity index (χ3v) is 3.84. The Morgan fingerprint density at radius 2 is 1.76 bits per heavy atom. The van der Waals surface area contributed by atoms with E-state index in [1.165, 1.54) is 0 Å². The van der Waals surface area contributed by atoms with Gasteiger partial charge in [0.15, 0.2) is 0 Å². The number of nitrogens with one attached hydrogen (secondary N) is 1. The van der Waals surface area contributed by atoms with Gasteiger partial charge < -0.3 is 11.1 Å². The zero-order valence-corrected chi connectivity index (χ0v) is 13.0. The van der Waals surface area contributed by atoms with Crippen LogP contribution < -0.4 is 11.1 Å². The fourth-order valence-electron chi connectivity index (χ4n) is 2.27. The number of para-hydroxylation sites is 1. The zero-order valence-electron chi connectivity index (χ0n) is 12.2. The van der Waals surface area contributed by atoms with E-state index >= 15 is 0 Å². The number of amides is 1. The number of carbonyl (C=O) groups is 1. The molecule has 21 heavy (non-hydrogen) atoms. The van der Waals surface area contributed by atoms with Crippen LogP contribution in [0.4, 0.5) is 11.4 Å². The largest absolute Gasteiger partial charge is 0.398 e. The first kappa shape index (κ1) is 15.4. The lowest BCUT2D eigenvalue weighted by Crippen LogP contribution is -2.15. The van der Waals surface area contributed by atoms with Crippen molar-refractivity contribution in [2.45, 2.75) is 26.7 Å². The molecule has 2 aromatic rings. The van der Waals surface area contributed by atoms with Gasteiger partial charge in [0.05, 0.1) is 10.7 Å². The van der Waals surface area contributed by atoms with Crippen LogP contribution in [-0.2, 0) is 12.8 Å². The molecule has 2 aromatic carbocycles. The first-order valence-corrected chi connectivity index (χ1v) is 7.41. The second-order valence-electron chi connectivity index (χ2n) is 4.85. The molecule has 0 atom stereocenters. The van der Waals surface area contributed by atoms with E-state index in [9.17, 15) is 4.79 Å². The van der Waals surface area contributed by atoms with E-state index in [1.54, 1.807) is 18.2 Å². The van der Waals surface area contributed by atoms with Crippen molar-refractivity contribution < 1.29 is 4.79 Å². The summed E-state index contributed by atoms with van der Waals surface area (Å²) in [5.74, 6) is -0.172. The lowest BCUT2D eigenvalue weighted by molar-refractivity contribution is 0.102. The predicted octanol–water partition coefficient (Wildman–Crippen LogP) is 4.30. The van der Waals surface area contributed by atoms with Crippen LogP contribution in [0.3, 0.4) is 0 Å². The molecule has 4 heteroatoms. The molecular formula is C17H19ClN2O. The van der Waals surface area contributed by atoms with Crippen LogP contribution in [0, 0.1) is 0 Å². The van der Waals surface area contributed by atoms with Crippen molar-refractivity contribution in [2.75, 3.05) is 11.1 Å². The summed E-state index contributed by atoms with van der Waals surface area (Å²) in [6.07, 6.45) is 1.73. The molecule has 0 fully saturated rings. The van der Waals surface area contributed by atoms with E-state index in [4.69, 9.17) is 17.3 Å². The molecule has 3 nitrogen and oxygen atoms in total. The molecule has 0 aliphatic carbocycles. The van der Waals surface area contributed by atoms with E-state index in [2.05, 4.69) is 19.2 Å². The van der Waals surface area contributed by atoms with Crippen LogP contribution in [0.15, 0.2) is 36.4 Å². The Morgan fingerprint density at radius 1 is 1.14 bits per heavy atom. The van der Waals surface area contributed by atoms with Crippen molar-refractivity contribution >= 4 is 28.9 Å². The van der Waals surface area contributed by atoms with Crippen molar-refractivity contribution in [1.29, 1.82) is 0 Å². The maximum atomic E-state index is 12.4. The number of carbonyl (C=O) groups excluding carboxylic acids is 1. The molecule has 0 bridgehead atoms. The Bertz CT molecular complexity index is 646. The molecule has 2 rings (SSSR count). The highest BCUT2D eigenvalue weighted by molar-refractivity contribution is 6.33. The summed E-state index contributed by atoms with van der Waals surface area (Å²) in [6.45, 7) is 4.15. The van der Waals surface area contributed by atoms with Crippen LogP contribution in [0.5, 0.6) is 0 Å². The van der Waals surface area contributed by atoms with Crippen LogP contribution >= 0.6 is 11.6 Å². The summed E-state index contributed by atoms with van der Waals surface area (Å²) < 4.78 is 0. The maximum absolute atomic E-state index is 12.4. The van der Waals surface area contributed by atoms with Gasteiger partial charge in [0.25, 0.3) is 5.91 Å². The van der Waals surface area contributed by atoms with E-state index in [1.807, 2.05) is 18.2 Å². The van der Waals surface area contributed by atoms with Gasteiger partial charge in [-0.05, 0) is 42.2 Å². The van der Waals surface area contributed by atoms with Crippen molar-refractivity contribution in [3.8, 4) is 0 Å². The number of nitrogens with two attached hydrogens (primary N) is 1. The average Bonchev–Trinajstić information content (AvgIpc) is 2.50. The number of aryl methyl sites for hydroxylation is 2. The highest BCUT2D eigenvalue weighted by Gasteiger charge is 2.12. The van der Waals surface area contributed by atoms with Gasteiger partial charge in [0.1, 0.15) is 0 Å². The predicted molar refractivity (Wildman–Crippen MR) is 89.0 cm³/mol. The standard InChI is InChI=1S/C17H19ClN2O/c1-3-11-6-5-7-12(4-2)16(11)20-17(21)13-8-9-14(18)15(19)10-13/h5-10H,3-4,19H2,1-2H3,(H,20,21). The van der Waals surface area contributed by atoms with Gasteiger partial charge in [-0.1, -0.05) is 43.6 Å². The van der Waals surface area contributed by atoms with Crippen LogP contribution in [-0.4, -0.2) is 5.91 Å². The number of hydrogen-bond donors (Lipinski definition) is 2. The van der Waals surface area contributed by atoms with Crippen LogP contribution in [0.1, 0.15) is 35.3 Å².